The Labute approximate surface area is 297 Å². The van der Waals surface area contributed by atoms with Crippen LogP contribution in [0.1, 0.15) is 56.3 Å². The molecule has 0 radical (unpaired) electrons. The molecule has 12 heteroatoms. The summed E-state index contributed by atoms with van der Waals surface area (Å²) in [7, 11) is 5.90. The van der Waals surface area contributed by atoms with Crippen molar-refractivity contribution in [2.24, 2.45) is 5.92 Å². The number of benzene rings is 2. The lowest BCUT2D eigenvalue weighted by molar-refractivity contribution is -0.145. The summed E-state index contributed by atoms with van der Waals surface area (Å²) >= 11 is 0. The van der Waals surface area contributed by atoms with E-state index < -0.39 is 30.0 Å². The number of fused-ring (bicyclic) bond motifs is 4. The summed E-state index contributed by atoms with van der Waals surface area (Å²) < 4.78 is 22.3. The molecule has 0 bridgehead atoms. The van der Waals surface area contributed by atoms with Gasteiger partial charge in [-0.15, -0.1) is 0 Å². The lowest BCUT2D eigenvalue weighted by atomic mass is 9.95. The van der Waals surface area contributed by atoms with Crippen molar-refractivity contribution in [3.05, 3.63) is 81.6 Å². The Morgan fingerprint density at radius 2 is 1.69 bits per heavy atom. The Morgan fingerprint density at radius 1 is 0.941 bits per heavy atom. The first-order chi connectivity index (χ1) is 24.5. The van der Waals surface area contributed by atoms with E-state index in [1.54, 1.807) is 19.2 Å². The molecule has 4 aromatic rings. The quantitative estimate of drug-likeness (QED) is 0.140. The van der Waals surface area contributed by atoms with E-state index in [1.165, 1.54) is 34.3 Å². The number of aryl methyl sites for hydroxylation is 1. The molecule has 270 valence electrons. The van der Waals surface area contributed by atoms with Crippen LogP contribution in [-0.2, 0) is 32.0 Å². The highest BCUT2D eigenvalue weighted by atomic mass is 16.5. The van der Waals surface area contributed by atoms with Crippen molar-refractivity contribution in [3.63, 3.8) is 0 Å². The minimum atomic E-state index is -0.970. The predicted molar refractivity (Wildman–Crippen MR) is 195 cm³/mol. The van der Waals surface area contributed by atoms with Crippen molar-refractivity contribution in [3.8, 4) is 28.4 Å². The largest absolute Gasteiger partial charge is 0.493 e. The van der Waals surface area contributed by atoms with E-state index in [-0.39, 0.29) is 29.4 Å². The zero-order valence-electron chi connectivity index (χ0n) is 30.1. The number of nitrogens with one attached hydrogen (secondary N) is 4. The third-order valence-electron chi connectivity index (χ3n) is 9.17. The van der Waals surface area contributed by atoms with Gasteiger partial charge in [-0.3, -0.25) is 14.4 Å². The average molecular weight is 699 g/mol. The SMILES string of the molecule is COC(=O)[C@H](Cc1c[nH]c2ccccc12)NC(=O)[C@H](CC(C)C)Nc1ccc2c(cc1=O)[C@@H](NC(C)=O)CCc1cc(OC)c(OC)c(OC)c1-2. The number of hydrogen-bond acceptors (Lipinski definition) is 9. The molecule has 1 heterocycles. The lowest BCUT2D eigenvalue weighted by Crippen LogP contribution is -2.49. The van der Waals surface area contributed by atoms with Crippen molar-refractivity contribution in [2.75, 3.05) is 33.8 Å². The maximum absolute atomic E-state index is 14.0. The number of para-hydroxylation sites is 1. The molecular weight excluding hydrogens is 652 g/mol. The van der Waals surface area contributed by atoms with E-state index >= 15 is 0 Å². The van der Waals surface area contributed by atoms with Gasteiger partial charge in [-0.25, -0.2) is 4.79 Å². The van der Waals surface area contributed by atoms with E-state index in [9.17, 15) is 19.2 Å². The van der Waals surface area contributed by atoms with Gasteiger partial charge in [-0.2, -0.15) is 0 Å². The third kappa shape index (κ3) is 7.95. The van der Waals surface area contributed by atoms with Crippen LogP contribution in [0.25, 0.3) is 22.0 Å². The molecule has 0 fully saturated rings. The number of hydrogen-bond donors (Lipinski definition) is 4. The zero-order chi connectivity index (χ0) is 36.8. The van der Waals surface area contributed by atoms with Gasteiger partial charge in [0.15, 0.2) is 11.5 Å². The Kier molecular flexibility index (Phi) is 11.5. The van der Waals surface area contributed by atoms with Gasteiger partial charge in [0.2, 0.25) is 23.0 Å². The number of aromatic amines is 1. The molecule has 5 rings (SSSR count). The van der Waals surface area contributed by atoms with Gasteiger partial charge in [0.1, 0.15) is 12.1 Å². The minimum absolute atomic E-state index is 0.0606. The molecule has 3 atom stereocenters. The van der Waals surface area contributed by atoms with Crippen molar-refractivity contribution in [1.82, 2.24) is 15.6 Å². The van der Waals surface area contributed by atoms with E-state index in [4.69, 9.17) is 18.9 Å². The summed E-state index contributed by atoms with van der Waals surface area (Å²) in [6.45, 7) is 5.38. The maximum atomic E-state index is 14.0. The summed E-state index contributed by atoms with van der Waals surface area (Å²) in [5, 5.41) is 10.0. The van der Waals surface area contributed by atoms with E-state index in [0.29, 0.717) is 53.2 Å². The number of methoxy groups -OCH3 is 4. The topological polar surface area (TPSA) is 157 Å². The molecule has 0 saturated carbocycles. The van der Waals surface area contributed by atoms with Gasteiger partial charge in [0, 0.05) is 36.0 Å². The van der Waals surface area contributed by atoms with E-state index in [1.807, 2.05) is 50.4 Å². The van der Waals surface area contributed by atoms with Gasteiger partial charge >= 0.3 is 5.97 Å². The van der Waals surface area contributed by atoms with Crippen LogP contribution in [0.2, 0.25) is 0 Å². The van der Waals surface area contributed by atoms with Crippen LogP contribution in [-0.4, -0.2) is 63.3 Å². The standard InChI is InChI=1S/C39H46N4O8/c1-21(2)16-31(38(46)43-32(39(47)51-7)17-24-20-40-28-11-9-8-10-25(24)28)42-30-15-13-26-27(19-33(30)45)29(41-22(3)44)14-12-23-18-34(48-4)36(49-5)37(50-6)35(23)26/h8-11,13,15,18-21,29,31-32,40H,12,14,16-17H2,1-7H3,(H,41,44)(H,42,45)(H,43,46)/t29-,31-,32-/m0/s1. The van der Waals surface area contributed by atoms with E-state index in [0.717, 1.165) is 22.0 Å². The van der Waals surface area contributed by atoms with Gasteiger partial charge < -0.3 is 39.9 Å². The number of anilines is 1. The molecule has 0 saturated heterocycles. The first-order valence-electron chi connectivity index (χ1n) is 17.0. The summed E-state index contributed by atoms with van der Waals surface area (Å²) in [4.78, 5) is 56.5. The third-order valence-corrected chi connectivity index (χ3v) is 9.17. The van der Waals surface area contributed by atoms with Gasteiger partial charge in [-0.1, -0.05) is 38.1 Å². The molecular formula is C39H46N4O8. The lowest BCUT2D eigenvalue weighted by Gasteiger charge is -2.24. The molecule has 51 heavy (non-hydrogen) atoms. The minimum Gasteiger partial charge on any atom is -0.493 e. The van der Waals surface area contributed by atoms with Crippen LogP contribution in [0, 0.1) is 5.92 Å². The molecule has 1 aliphatic carbocycles. The molecule has 2 amide bonds. The number of esters is 1. The highest BCUT2D eigenvalue weighted by Crippen LogP contribution is 2.50. The Bertz CT molecular complexity index is 1990. The second kappa shape index (κ2) is 16.0. The molecule has 1 aromatic heterocycles. The second-order valence-electron chi connectivity index (χ2n) is 13.1. The summed E-state index contributed by atoms with van der Waals surface area (Å²) in [5.41, 5.74) is 4.45. The molecule has 0 aliphatic heterocycles. The molecule has 1 aliphatic rings. The first-order valence-corrected chi connectivity index (χ1v) is 17.0. The van der Waals surface area contributed by atoms with Crippen molar-refractivity contribution >= 4 is 34.4 Å². The van der Waals surface area contributed by atoms with Crippen LogP contribution in [0.15, 0.2) is 59.5 Å². The van der Waals surface area contributed by atoms with Gasteiger partial charge in [-0.05, 0) is 71.7 Å². The monoisotopic (exact) mass is 698 g/mol. The summed E-state index contributed by atoms with van der Waals surface area (Å²) in [5.74, 6) is 0.120. The van der Waals surface area contributed by atoms with Gasteiger partial charge in [0.25, 0.3) is 0 Å². The molecule has 0 unspecified atom stereocenters. The number of carbonyl (C=O) groups is 3. The fraction of sp³-hybridized carbons (Fsp3) is 0.385. The highest BCUT2D eigenvalue weighted by Gasteiger charge is 2.31. The van der Waals surface area contributed by atoms with Gasteiger partial charge in [0.05, 0.1) is 40.2 Å². The number of rotatable bonds is 13. The van der Waals surface area contributed by atoms with Crippen LogP contribution < -0.4 is 35.6 Å². The predicted octanol–water partition coefficient (Wildman–Crippen LogP) is 5.07. The fourth-order valence-electron chi connectivity index (χ4n) is 6.85. The zero-order valence-corrected chi connectivity index (χ0v) is 30.1. The fourth-order valence-corrected chi connectivity index (χ4v) is 6.85. The van der Waals surface area contributed by atoms with Crippen LogP contribution in [0.5, 0.6) is 17.2 Å². The summed E-state index contributed by atoms with van der Waals surface area (Å²) in [6, 6.07) is 12.2. The maximum Gasteiger partial charge on any atom is 0.328 e. The second-order valence-corrected chi connectivity index (χ2v) is 13.1. The number of amides is 2. The normalized spacial score (nSPS) is 14.7. The van der Waals surface area contributed by atoms with Crippen molar-refractivity contribution in [1.29, 1.82) is 0 Å². The first kappa shape index (κ1) is 36.8. The molecule has 4 N–H and O–H groups in total. The van der Waals surface area contributed by atoms with Crippen molar-refractivity contribution < 1.29 is 33.3 Å². The number of ether oxygens (including phenoxy) is 4. The molecule has 3 aromatic carbocycles. The average Bonchev–Trinajstić information content (AvgIpc) is 3.37. The van der Waals surface area contributed by atoms with Crippen LogP contribution in [0.3, 0.4) is 0 Å². The number of H-pyrrole nitrogens is 1. The highest BCUT2D eigenvalue weighted by molar-refractivity contribution is 5.91. The summed E-state index contributed by atoms with van der Waals surface area (Å²) in [6.07, 6.45) is 3.46. The molecule has 12 nitrogen and oxygen atoms in total. The van der Waals surface area contributed by atoms with Crippen LogP contribution >= 0.6 is 0 Å². The Hall–Kier alpha value is -5.52. The Morgan fingerprint density at radius 3 is 2.35 bits per heavy atom. The number of carbonyl (C=O) groups excluding carboxylic acids is 3. The molecule has 0 spiro atoms. The Balaban J connectivity index is 1.55. The van der Waals surface area contributed by atoms with Crippen LogP contribution in [0.4, 0.5) is 5.69 Å². The van der Waals surface area contributed by atoms with E-state index in [2.05, 4.69) is 20.9 Å². The smallest absolute Gasteiger partial charge is 0.328 e. The number of aromatic nitrogens is 1. The van der Waals surface area contributed by atoms with Crippen molar-refractivity contribution in [2.45, 2.75) is 64.6 Å².